The first-order valence-corrected chi connectivity index (χ1v) is 9.53. The van der Waals surface area contributed by atoms with E-state index in [0.29, 0.717) is 0 Å². The van der Waals surface area contributed by atoms with Gasteiger partial charge >= 0.3 is 7.12 Å². The van der Waals surface area contributed by atoms with E-state index < -0.39 is 12.5 Å². The number of anilines is 1. The lowest BCUT2D eigenvalue weighted by Crippen LogP contribution is -2.53. The van der Waals surface area contributed by atoms with Crippen molar-refractivity contribution in [2.75, 3.05) is 4.90 Å². The third-order valence-corrected chi connectivity index (χ3v) is 6.75. The topological polar surface area (TPSA) is 64.8 Å². The van der Waals surface area contributed by atoms with Crippen LogP contribution in [0.4, 0.5) is 5.69 Å². The zero-order chi connectivity index (χ0) is 19.1. The van der Waals surface area contributed by atoms with Gasteiger partial charge in [-0.25, -0.2) is 0 Å². The van der Waals surface area contributed by atoms with Crippen molar-refractivity contribution in [3.8, 4) is 0 Å². The highest BCUT2D eigenvalue weighted by Gasteiger charge is 2.53. The molecule has 1 aliphatic carbocycles. The fraction of sp³-hybridized carbons (Fsp3) is 0.650. The van der Waals surface area contributed by atoms with E-state index in [2.05, 4.69) is 39.8 Å². The average Bonchev–Trinajstić information content (AvgIpc) is 2.84. The van der Waals surface area contributed by atoms with Gasteiger partial charge in [-0.3, -0.25) is 4.79 Å². The minimum absolute atomic E-state index is 0.162. The highest BCUT2D eigenvalue weighted by molar-refractivity contribution is 6.62. The molecule has 6 heteroatoms. The van der Waals surface area contributed by atoms with E-state index in [9.17, 15) is 4.79 Å². The summed E-state index contributed by atoms with van der Waals surface area (Å²) in [6.07, 6.45) is 1.73. The predicted molar refractivity (Wildman–Crippen MR) is 104 cm³/mol. The largest absolute Gasteiger partial charge is 0.494 e. The Morgan fingerprint density at radius 1 is 1.08 bits per heavy atom. The summed E-state index contributed by atoms with van der Waals surface area (Å²) in [6, 6.07) is 6.57. The van der Waals surface area contributed by atoms with Crippen LogP contribution in [0.25, 0.3) is 0 Å². The van der Waals surface area contributed by atoms with Crippen molar-refractivity contribution in [1.29, 1.82) is 0 Å². The Hall–Kier alpha value is -1.37. The second-order valence-corrected chi connectivity index (χ2v) is 9.55. The van der Waals surface area contributed by atoms with Crippen LogP contribution in [0.2, 0.25) is 0 Å². The van der Waals surface area contributed by atoms with Crippen molar-refractivity contribution in [1.82, 2.24) is 0 Å². The van der Waals surface area contributed by atoms with Gasteiger partial charge in [0.1, 0.15) is 0 Å². The van der Waals surface area contributed by atoms with Crippen LogP contribution in [0.3, 0.4) is 0 Å². The van der Waals surface area contributed by atoms with Crippen molar-refractivity contribution >= 4 is 24.2 Å². The van der Waals surface area contributed by atoms with E-state index in [-0.39, 0.29) is 29.2 Å². The van der Waals surface area contributed by atoms with Crippen molar-refractivity contribution in [2.24, 2.45) is 5.73 Å². The molecule has 5 nitrogen and oxygen atoms in total. The van der Waals surface area contributed by atoms with Crippen LogP contribution >= 0.6 is 0 Å². The van der Waals surface area contributed by atoms with E-state index in [0.717, 1.165) is 29.6 Å². The lowest BCUT2D eigenvalue weighted by molar-refractivity contribution is -0.122. The zero-order valence-electron chi connectivity index (χ0n) is 16.6. The number of amides is 1. The van der Waals surface area contributed by atoms with Crippen LogP contribution in [0.15, 0.2) is 18.2 Å². The molecule has 0 bridgehead atoms. The Bertz CT molecular complexity index is 752. The molecule has 2 heterocycles. The Labute approximate surface area is 156 Å². The number of rotatable bonds is 2. The van der Waals surface area contributed by atoms with Gasteiger partial charge in [0.15, 0.2) is 0 Å². The molecule has 0 atom stereocenters. The molecule has 0 spiro atoms. The van der Waals surface area contributed by atoms with Gasteiger partial charge in [-0.1, -0.05) is 12.1 Å². The molecule has 26 heavy (non-hydrogen) atoms. The molecule has 140 valence electrons. The van der Waals surface area contributed by atoms with E-state index in [1.54, 1.807) is 0 Å². The van der Waals surface area contributed by atoms with Crippen LogP contribution in [0, 0.1) is 0 Å². The molecular weight excluding hydrogens is 327 g/mol. The molecule has 0 unspecified atom stereocenters. The Morgan fingerprint density at radius 3 is 2.19 bits per heavy atom. The molecule has 0 aromatic heterocycles. The Morgan fingerprint density at radius 2 is 1.65 bits per heavy atom. The number of fused-ring (bicyclic) bond motifs is 1. The molecule has 0 radical (unpaired) electrons. The van der Waals surface area contributed by atoms with E-state index in [4.69, 9.17) is 15.0 Å². The number of carbonyl (C=O) groups is 1. The molecule has 1 amide bonds. The highest BCUT2D eigenvalue weighted by Crippen LogP contribution is 2.45. The van der Waals surface area contributed by atoms with Crippen LogP contribution < -0.4 is 16.1 Å². The van der Waals surface area contributed by atoms with Gasteiger partial charge in [0, 0.05) is 17.8 Å². The minimum atomic E-state index is -0.510. The van der Waals surface area contributed by atoms with Crippen molar-refractivity contribution in [2.45, 2.75) is 83.1 Å². The minimum Gasteiger partial charge on any atom is -0.399 e. The Kier molecular flexibility index (Phi) is 3.70. The number of hydrogen-bond donors (Lipinski definition) is 1. The van der Waals surface area contributed by atoms with Crippen molar-refractivity contribution < 1.29 is 14.1 Å². The van der Waals surface area contributed by atoms with E-state index in [1.165, 1.54) is 0 Å². The van der Waals surface area contributed by atoms with Gasteiger partial charge in [-0.2, -0.15) is 0 Å². The van der Waals surface area contributed by atoms with E-state index in [1.807, 2.05) is 24.8 Å². The lowest BCUT2D eigenvalue weighted by atomic mass is 9.76. The summed E-state index contributed by atoms with van der Waals surface area (Å²) >= 11 is 0. The van der Waals surface area contributed by atoms with Gasteiger partial charge in [-0.05, 0) is 71.5 Å². The monoisotopic (exact) mass is 356 g/mol. The summed E-state index contributed by atoms with van der Waals surface area (Å²) in [5.41, 5.74) is 7.73. The van der Waals surface area contributed by atoms with E-state index >= 15 is 0 Å². The number of nitrogens with two attached hydrogens (primary N) is 1. The number of hydrogen-bond acceptors (Lipinski definition) is 4. The molecule has 2 aliphatic heterocycles. The summed E-state index contributed by atoms with van der Waals surface area (Å²) in [7, 11) is -0.422. The second kappa shape index (κ2) is 5.34. The van der Waals surface area contributed by atoms with Gasteiger partial charge in [0.2, 0.25) is 5.91 Å². The normalized spacial score (nSPS) is 31.1. The van der Waals surface area contributed by atoms with Crippen molar-refractivity contribution in [3.63, 3.8) is 0 Å². The first-order chi connectivity index (χ1) is 11.9. The molecule has 1 saturated heterocycles. The fourth-order valence-corrected chi connectivity index (χ4v) is 4.13. The SMILES string of the molecule is CC1(C)C(=O)N(C2CC(N)C2)c2cc(B3OC(C)(C)C(C)(C)O3)ccc21. The first kappa shape index (κ1) is 18.0. The maximum Gasteiger partial charge on any atom is 0.494 e. The quantitative estimate of drug-likeness (QED) is 0.825. The molecule has 2 N–H and O–H groups in total. The summed E-state index contributed by atoms with van der Waals surface area (Å²) < 4.78 is 12.4. The summed E-state index contributed by atoms with van der Waals surface area (Å²) in [5, 5.41) is 0. The van der Waals surface area contributed by atoms with Crippen LogP contribution in [0.1, 0.15) is 59.9 Å². The number of benzene rings is 1. The summed E-state index contributed by atoms with van der Waals surface area (Å²) in [6.45, 7) is 12.2. The van der Waals surface area contributed by atoms with Gasteiger partial charge in [0.05, 0.1) is 16.6 Å². The van der Waals surface area contributed by atoms with Crippen LogP contribution in [-0.4, -0.2) is 36.3 Å². The highest BCUT2D eigenvalue weighted by atomic mass is 16.7. The molecule has 1 saturated carbocycles. The summed E-state index contributed by atoms with van der Waals surface area (Å²) in [4.78, 5) is 15.1. The third-order valence-electron chi connectivity index (χ3n) is 6.75. The molecule has 4 rings (SSSR count). The third kappa shape index (κ3) is 2.39. The van der Waals surface area contributed by atoms with Gasteiger partial charge < -0.3 is 19.9 Å². The maximum absolute atomic E-state index is 13.1. The molecule has 2 fully saturated rings. The standard InChI is InChI=1S/C20H29BN2O3/c1-18(2)15-8-7-12(21-25-19(3,4)20(5,6)26-21)9-16(15)23(17(18)24)14-10-13(22)11-14/h7-9,13-14H,10-11,22H2,1-6H3. The average molecular weight is 356 g/mol. The number of nitrogens with zero attached hydrogens (tertiary/aromatic N) is 1. The smallest absolute Gasteiger partial charge is 0.399 e. The first-order valence-electron chi connectivity index (χ1n) is 9.53. The fourth-order valence-electron chi connectivity index (χ4n) is 4.13. The predicted octanol–water partition coefficient (Wildman–Crippen LogP) is 2.10. The van der Waals surface area contributed by atoms with Crippen molar-refractivity contribution in [3.05, 3.63) is 23.8 Å². The molecule has 1 aromatic rings. The van der Waals surface area contributed by atoms with Crippen LogP contribution in [0.5, 0.6) is 0 Å². The van der Waals surface area contributed by atoms with Gasteiger partial charge in [0.25, 0.3) is 0 Å². The summed E-state index contributed by atoms with van der Waals surface area (Å²) in [5.74, 6) is 0.162. The van der Waals surface area contributed by atoms with Crippen LogP contribution in [-0.2, 0) is 19.5 Å². The molecule has 3 aliphatic rings. The maximum atomic E-state index is 13.1. The molecule has 1 aromatic carbocycles. The zero-order valence-corrected chi connectivity index (χ0v) is 16.6. The lowest BCUT2D eigenvalue weighted by Gasteiger charge is -2.40. The number of carbonyl (C=O) groups excluding carboxylic acids is 1. The molecular formula is C20H29BN2O3. The van der Waals surface area contributed by atoms with Gasteiger partial charge in [-0.15, -0.1) is 0 Å². The second-order valence-electron chi connectivity index (χ2n) is 9.55. The Balaban J connectivity index is 1.71.